The van der Waals surface area contributed by atoms with E-state index < -0.39 is 11.9 Å². The largest absolute Gasteiger partial charge is 0.462 e. The Morgan fingerprint density at radius 3 is 2.76 bits per heavy atom. The number of esters is 1. The minimum absolute atomic E-state index is 0.115. The van der Waals surface area contributed by atoms with Gasteiger partial charge in [0.1, 0.15) is 17.1 Å². The molecular formula is C19H19NO5. The number of aliphatic hydroxyl groups excluding tert-OH is 1. The maximum absolute atomic E-state index is 13.0. The molecule has 0 unspecified atom stereocenters. The number of ether oxygens (including phenoxy) is 1. The van der Waals surface area contributed by atoms with E-state index in [9.17, 15) is 9.59 Å². The Balaban J connectivity index is 2.22. The van der Waals surface area contributed by atoms with Crippen LogP contribution in [0.4, 0.5) is 0 Å². The minimum Gasteiger partial charge on any atom is -0.462 e. The number of aliphatic hydroxyl groups is 1. The Hall–Kier alpha value is -2.73. The number of aryl methyl sites for hydroxylation is 1. The number of rotatable bonds is 5. The molecule has 0 fully saturated rings. The molecule has 0 radical (unpaired) electrons. The van der Waals surface area contributed by atoms with Gasteiger partial charge in [0.25, 0.3) is 0 Å². The first kappa shape index (κ1) is 17.1. The molecule has 1 atom stereocenters. The summed E-state index contributed by atoms with van der Waals surface area (Å²) in [5, 5.41) is 8.94. The number of Topliss-reactive ketones (excluding diaryl/α,β-unsaturated/α-hetero) is 1. The van der Waals surface area contributed by atoms with Crippen molar-refractivity contribution in [1.29, 1.82) is 0 Å². The normalized spacial score (nSPS) is 16.0. The Morgan fingerprint density at radius 2 is 2.08 bits per heavy atom. The molecule has 0 saturated carbocycles. The van der Waals surface area contributed by atoms with Gasteiger partial charge in [-0.3, -0.25) is 9.79 Å². The molecule has 130 valence electrons. The van der Waals surface area contributed by atoms with Crippen molar-refractivity contribution in [3.8, 4) is 11.3 Å². The summed E-state index contributed by atoms with van der Waals surface area (Å²) in [7, 11) is 0. The lowest BCUT2D eigenvalue weighted by molar-refractivity contribution is 0.0523. The Labute approximate surface area is 145 Å². The molecule has 0 amide bonds. The second-order valence-electron chi connectivity index (χ2n) is 5.66. The van der Waals surface area contributed by atoms with Crippen molar-refractivity contribution < 1.29 is 23.8 Å². The minimum atomic E-state index is -0.742. The van der Waals surface area contributed by atoms with Crippen LogP contribution in [0, 0.1) is 6.92 Å². The van der Waals surface area contributed by atoms with Crippen LogP contribution in [0.5, 0.6) is 0 Å². The van der Waals surface area contributed by atoms with Crippen molar-refractivity contribution in [2.75, 3.05) is 19.8 Å². The molecular weight excluding hydrogens is 322 g/mol. The molecule has 1 aliphatic rings. The standard InChI is InChI=1S/C19H19NO5/c1-3-24-19(23)15-11(2)25-18-13-7-5-4-6-12(13)17(22)14(16(15)18)10-20-8-9-21/h4-7,10,14,21H,3,8-9H2,1-2H3/t14-/m0/s1. The summed E-state index contributed by atoms with van der Waals surface area (Å²) in [4.78, 5) is 29.5. The third kappa shape index (κ3) is 2.89. The van der Waals surface area contributed by atoms with E-state index in [0.29, 0.717) is 28.2 Å². The van der Waals surface area contributed by atoms with E-state index in [1.807, 2.05) is 6.07 Å². The lowest BCUT2D eigenvalue weighted by Crippen LogP contribution is -2.22. The number of carbonyl (C=O) groups excluding carboxylic acids is 2. The monoisotopic (exact) mass is 341 g/mol. The summed E-state index contributed by atoms with van der Waals surface area (Å²) in [6.45, 7) is 3.70. The molecule has 3 rings (SSSR count). The van der Waals surface area contributed by atoms with Gasteiger partial charge in [0.15, 0.2) is 5.78 Å². The van der Waals surface area contributed by atoms with E-state index >= 15 is 0 Å². The summed E-state index contributed by atoms with van der Waals surface area (Å²) in [5.74, 6) is -0.508. The quantitative estimate of drug-likeness (QED) is 0.667. The number of furan rings is 1. The van der Waals surface area contributed by atoms with Gasteiger partial charge in [-0.05, 0) is 13.8 Å². The summed E-state index contributed by atoms with van der Waals surface area (Å²) >= 11 is 0. The fraction of sp³-hybridized carbons (Fsp3) is 0.316. The van der Waals surface area contributed by atoms with E-state index in [4.69, 9.17) is 14.3 Å². The van der Waals surface area contributed by atoms with Gasteiger partial charge < -0.3 is 14.3 Å². The smallest absolute Gasteiger partial charge is 0.342 e. The molecule has 1 aromatic heterocycles. The molecule has 25 heavy (non-hydrogen) atoms. The highest BCUT2D eigenvalue weighted by Gasteiger charge is 2.39. The molecule has 2 aromatic rings. The van der Waals surface area contributed by atoms with Gasteiger partial charge in [-0.1, -0.05) is 24.3 Å². The van der Waals surface area contributed by atoms with E-state index in [1.54, 1.807) is 32.0 Å². The molecule has 1 heterocycles. The maximum Gasteiger partial charge on any atom is 0.342 e. The summed E-state index contributed by atoms with van der Waals surface area (Å²) in [6, 6.07) is 7.13. The Bertz CT molecular complexity index is 849. The lowest BCUT2D eigenvalue weighted by atomic mass is 9.80. The molecule has 0 bridgehead atoms. The average molecular weight is 341 g/mol. The zero-order chi connectivity index (χ0) is 18.0. The molecule has 1 aliphatic carbocycles. The van der Waals surface area contributed by atoms with Crippen LogP contribution >= 0.6 is 0 Å². The molecule has 1 aromatic carbocycles. The second-order valence-corrected chi connectivity index (χ2v) is 5.66. The molecule has 0 aliphatic heterocycles. The van der Waals surface area contributed by atoms with Gasteiger partial charge in [0, 0.05) is 22.9 Å². The van der Waals surface area contributed by atoms with Crippen molar-refractivity contribution >= 4 is 18.0 Å². The first-order chi connectivity index (χ1) is 12.1. The van der Waals surface area contributed by atoms with Gasteiger partial charge in [-0.25, -0.2) is 4.79 Å². The third-order valence-electron chi connectivity index (χ3n) is 4.11. The number of aliphatic imine (C=N–C) groups is 1. The molecule has 0 saturated heterocycles. The zero-order valence-electron chi connectivity index (χ0n) is 14.1. The number of fused-ring (bicyclic) bond motifs is 3. The van der Waals surface area contributed by atoms with Crippen LogP contribution in [0.15, 0.2) is 33.7 Å². The summed E-state index contributed by atoms with van der Waals surface area (Å²) in [5.41, 5.74) is 1.95. The number of ketones is 1. The number of nitrogens with zero attached hydrogens (tertiary/aromatic N) is 1. The number of hydrogen-bond acceptors (Lipinski definition) is 6. The highest BCUT2D eigenvalue weighted by Crippen LogP contribution is 2.43. The van der Waals surface area contributed by atoms with Gasteiger partial charge in [-0.2, -0.15) is 0 Å². The highest BCUT2D eigenvalue weighted by molar-refractivity contribution is 6.18. The third-order valence-corrected chi connectivity index (χ3v) is 4.11. The van der Waals surface area contributed by atoms with Crippen molar-refractivity contribution in [1.82, 2.24) is 0 Å². The van der Waals surface area contributed by atoms with Crippen LogP contribution in [0.1, 0.15) is 44.9 Å². The van der Waals surface area contributed by atoms with Crippen LogP contribution in [-0.4, -0.2) is 42.8 Å². The van der Waals surface area contributed by atoms with E-state index in [-0.39, 0.29) is 31.1 Å². The fourth-order valence-electron chi connectivity index (χ4n) is 3.09. The number of carbonyl (C=O) groups is 2. The summed E-state index contributed by atoms with van der Waals surface area (Å²) < 4.78 is 11.0. The second kappa shape index (κ2) is 7.03. The average Bonchev–Trinajstić information content (AvgIpc) is 2.95. The van der Waals surface area contributed by atoms with Gasteiger partial charge in [0.05, 0.1) is 25.7 Å². The molecule has 1 N–H and O–H groups in total. The predicted molar refractivity (Wildman–Crippen MR) is 92.4 cm³/mol. The first-order valence-corrected chi connectivity index (χ1v) is 8.15. The highest BCUT2D eigenvalue weighted by atomic mass is 16.5. The first-order valence-electron chi connectivity index (χ1n) is 8.15. The number of benzene rings is 1. The SMILES string of the molecule is CCOC(=O)c1c(C)oc2c1[C@H](C=NCCO)C(=O)c1ccccc1-2. The van der Waals surface area contributed by atoms with Gasteiger partial charge >= 0.3 is 5.97 Å². The van der Waals surface area contributed by atoms with Crippen molar-refractivity contribution in [3.05, 3.63) is 46.7 Å². The predicted octanol–water partition coefficient (Wildman–Crippen LogP) is 2.77. The van der Waals surface area contributed by atoms with Crippen LogP contribution in [0.2, 0.25) is 0 Å². The van der Waals surface area contributed by atoms with E-state index in [1.165, 1.54) is 6.21 Å². The van der Waals surface area contributed by atoms with E-state index in [2.05, 4.69) is 4.99 Å². The van der Waals surface area contributed by atoms with Crippen LogP contribution in [0.3, 0.4) is 0 Å². The molecule has 6 heteroatoms. The fourth-order valence-corrected chi connectivity index (χ4v) is 3.09. The van der Waals surface area contributed by atoms with Crippen LogP contribution in [0.25, 0.3) is 11.3 Å². The van der Waals surface area contributed by atoms with Gasteiger partial charge in [-0.15, -0.1) is 0 Å². The van der Waals surface area contributed by atoms with Crippen LogP contribution in [-0.2, 0) is 4.74 Å². The van der Waals surface area contributed by atoms with Gasteiger partial charge in [0.2, 0.25) is 0 Å². The Morgan fingerprint density at radius 1 is 1.36 bits per heavy atom. The van der Waals surface area contributed by atoms with Crippen molar-refractivity contribution in [2.45, 2.75) is 19.8 Å². The zero-order valence-corrected chi connectivity index (χ0v) is 14.1. The maximum atomic E-state index is 13.0. The van der Waals surface area contributed by atoms with Crippen molar-refractivity contribution in [3.63, 3.8) is 0 Å². The number of hydrogen-bond donors (Lipinski definition) is 1. The topological polar surface area (TPSA) is 89.1 Å². The Kier molecular flexibility index (Phi) is 4.81. The van der Waals surface area contributed by atoms with E-state index in [0.717, 1.165) is 0 Å². The van der Waals surface area contributed by atoms with Crippen molar-refractivity contribution in [2.24, 2.45) is 4.99 Å². The van der Waals surface area contributed by atoms with Crippen LogP contribution < -0.4 is 0 Å². The molecule has 6 nitrogen and oxygen atoms in total. The lowest BCUT2D eigenvalue weighted by Gasteiger charge is -2.21. The summed E-state index contributed by atoms with van der Waals surface area (Å²) in [6.07, 6.45) is 1.48. The molecule has 0 spiro atoms.